The van der Waals surface area contributed by atoms with Gasteiger partial charge in [0.2, 0.25) is 5.91 Å². The lowest BCUT2D eigenvalue weighted by atomic mass is 10.1. The average Bonchev–Trinajstić information content (AvgIpc) is 3.30. The molecule has 0 bridgehead atoms. The van der Waals surface area contributed by atoms with Crippen LogP contribution < -0.4 is 10.3 Å². The summed E-state index contributed by atoms with van der Waals surface area (Å²) in [4.78, 5) is 24.6. The lowest BCUT2D eigenvalue weighted by Crippen LogP contribution is -2.42. The van der Waals surface area contributed by atoms with Gasteiger partial charge < -0.3 is 14.5 Å². The topological polar surface area (TPSA) is 84.1 Å². The summed E-state index contributed by atoms with van der Waals surface area (Å²) in [7, 11) is 0. The molecule has 7 heteroatoms. The molecule has 1 amide bonds. The van der Waals surface area contributed by atoms with E-state index in [1.807, 2.05) is 30.3 Å². The predicted molar refractivity (Wildman–Crippen MR) is 91.9 cm³/mol. The second kappa shape index (κ2) is 7.65. The van der Waals surface area contributed by atoms with Crippen molar-refractivity contribution in [2.75, 3.05) is 11.6 Å². The summed E-state index contributed by atoms with van der Waals surface area (Å²) in [5.41, 5.74) is 0.976. The van der Waals surface area contributed by atoms with Crippen LogP contribution in [0.3, 0.4) is 0 Å². The van der Waals surface area contributed by atoms with Crippen LogP contribution in [0.4, 0.5) is 5.69 Å². The number of carbonyl (C=O) groups excluding carboxylic acids is 2. The highest BCUT2D eigenvalue weighted by Gasteiger charge is 2.36. The number of nitrogens with one attached hydrogen (secondary N) is 1. The van der Waals surface area contributed by atoms with E-state index < -0.39 is 12.0 Å². The van der Waals surface area contributed by atoms with Gasteiger partial charge in [-0.15, -0.1) is 0 Å². The SMILES string of the molecule is CCOC(=O)C1=NN(c2ccccc2)[C@H](C(=O)NCc2ccco2)C1. The van der Waals surface area contributed by atoms with E-state index in [4.69, 9.17) is 9.15 Å². The number of furan rings is 1. The molecule has 25 heavy (non-hydrogen) atoms. The fourth-order valence-electron chi connectivity index (χ4n) is 2.58. The van der Waals surface area contributed by atoms with Gasteiger partial charge in [-0.25, -0.2) is 4.79 Å². The van der Waals surface area contributed by atoms with E-state index in [1.165, 1.54) is 0 Å². The Morgan fingerprint density at radius 2 is 2.08 bits per heavy atom. The maximum atomic E-state index is 12.6. The van der Waals surface area contributed by atoms with Crippen molar-refractivity contribution >= 4 is 23.3 Å². The number of benzene rings is 1. The van der Waals surface area contributed by atoms with Gasteiger partial charge in [-0.05, 0) is 31.2 Å². The first-order valence-corrected chi connectivity index (χ1v) is 8.08. The third-order valence-corrected chi connectivity index (χ3v) is 3.76. The summed E-state index contributed by atoms with van der Waals surface area (Å²) in [6.07, 6.45) is 1.74. The molecule has 3 rings (SSSR count). The van der Waals surface area contributed by atoms with E-state index in [0.29, 0.717) is 5.76 Å². The van der Waals surface area contributed by atoms with E-state index >= 15 is 0 Å². The van der Waals surface area contributed by atoms with Gasteiger partial charge in [0.15, 0.2) is 0 Å². The van der Waals surface area contributed by atoms with E-state index in [-0.39, 0.29) is 31.2 Å². The van der Waals surface area contributed by atoms with Crippen LogP contribution >= 0.6 is 0 Å². The Bertz CT molecular complexity index is 756. The number of carbonyl (C=O) groups is 2. The Hall–Kier alpha value is -3.09. The molecule has 2 heterocycles. The third-order valence-electron chi connectivity index (χ3n) is 3.76. The number of ether oxygens (including phenoxy) is 1. The largest absolute Gasteiger partial charge is 0.467 e. The van der Waals surface area contributed by atoms with Crippen LogP contribution in [0.25, 0.3) is 0 Å². The zero-order chi connectivity index (χ0) is 17.6. The molecule has 2 aromatic rings. The minimum absolute atomic E-state index is 0.192. The summed E-state index contributed by atoms with van der Waals surface area (Å²) in [5.74, 6) is -0.0720. The van der Waals surface area contributed by atoms with Crippen LogP contribution in [0.5, 0.6) is 0 Å². The molecular weight excluding hydrogens is 322 g/mol. The maximum Gasteiger partial charge on any atom is 0.354 e. The molecule has 0 unspecified atom stereocenters. The molecule has 0 fully saturated rings. The number of esters is 1. The molecule has 1 aromatic heterocycles. The number of hydrogen-bond acceptors (Lipinski definition) is 6. The van der Waals surface area contributed by atoms with Crippen molar-refractivity contribution in [2.24, 2.45) is 5.10 Å². The Kier molecular flexibility index (Phi) is 5.13. The Labute approximate surface area is 145 Å². The van der Waals surface area contributed by atoms with Crippen LogP contribution in [-0.2, 0) is 20.9 Å². The molecule has 0 spiro atoms. The fraction of sp³-hybridized carbons (Fsp3) is 0.278. The second-order valence-electron chi connectivity index (χ2n) is 5.46. The van der Waals surface area contributed by atoms with Gasteiger partial charge in [0.1, 0.15) is 17.5 Å². The van der Waals surface area contributed by atoms with Crippen LogP contribution in [0.15, 0.2) is 58.2 Å². The molecule has 0 aliphatic carbocycles. The highest BCUT2D eigenvalue weighted by molar-refractivity contribution is 6.38. The second-order valence-corrected chi connectivity index (χ2v) is 5.46. The molecule has 0 saturated carbocycles. The lowest BCUT2D eigenvalue weighted by molar-refractivity contribution is -0.135. The molecule has 130 valence electrons. The molecule has 1 aromatic carbocycles. The van der Waals surface area contributed by atoms with Crippen molar-refractivity contribution in [3.63, 3.8) is 0 Å². The number of amides is 1. The zero-order valence-electron chi connectivity index (χ0n) is 13.8. The highest BCUT2D eigenvalue weighted by atomic mass is 16.5. The van der Waals surface area contributed by atoms with Crippen LogP contribution in [-0.4, -0.2) is 30.2 Å². The normalized spacial score (nSPS) is 16.4. The minimum atomic E-state index is -0.614. The zero-order valence-corrected chi connectivity index (χ0v) is 13.8. The molecule has 0 saturated heterocycles. The molecule has 1 aliphatic heterocycles. The lowest BCUT2D eigenvalue weighted by Gasteiger charge is -2.22. The van der Waals surface area contributed by atoms with Gasteiger partial charge in [-0.1, -0.05) is 18.2 Å². The number of anilines is 1. The predicted octanol–water partition coefficient (Wildman–Crippen LogP) is 2.09. The van der Waals surface area contributed by atoms with Crippen molar-refractivity contribution in [3.05, 3.63) is 54.5 Å². The molecular formula is C18H19N3O4. The Morgan fingerprint density at radius 1 is 1.28 bits per heavy atom. The number of hydrogen-bond donors (Lipinski definition) is 1. The van der Waals surface area contributed by atoms with Gasteiger partial charge in [0.05, 0.1) is 25.1 Å². The summed E-state index contributed by atoms with van der Waals surface area (Å²) >= 11 is 0. The van der Waals surface area contributed by atoms with Gasteiger partial charge in [-0.3, -0.25) is 9.80 Å². The third kappa shape index (κ3) is 3.88. The van der Waals surface area contributed by atoms with Crippen molar-refractivity contribution in [1.82, 2.24) is 5.32 Å². The maximum absolute atomic E-state index is 12.6. The summed E-state index contributed by atoms with van der Waals surface area (Å²) < 4.78 is 10.2. The number of nitrogens with zero attached hydrogens (tertiary/aromatic N) is 2. The number of hydrazone groups is 1. The van der Waals surface area contributed by atoms with Crippen LogP contribution in [0.2, 0.25) is 0 Å². The molecule has 1 aliphatic rings. The monoisotopic (exact) mass is 341 g/mol. The van der Waals surface area contributed by atoms with E-state index in [0.717, 1.165) is 5.69 Å². The Morgan fingerprint density at radius 3 is 2.76 bits per heavy atom. The van der Waals surface area contributed by atoms with Gasteiger partial charge in [0.25, 0.3) is 0 Å². The quantitative estimate of drug-likeness (QED) is 0.814. The van der Waals surface area contributed by atoms with Crippen molar-refractivity contribution in [2.45, 2.75) is 25.9 Å². The van der Waals surface area contributed by atoms with Crippen LogP contribution in [0, 0.1) is 0 Å². The van der Waals surface area contributed by atoms with Crippen molar-refractivity contribution in [3.8, 4) is 0 Å². The molecule has 1 N–H and O–H groups in total. The Balaban J connectivity index is 1.76. The van der Waals surface area contributed by atoms with Gasteiger partial charge in [0, 0.05) is 6.42 Å². The number of para-hydroxylation sites is 1. The fourth-order valence-corrected chi connectivity index (χ4v) is 2.58. The minimum Gasteiger partial charge on any atom is -0.467 e. The van der Waals surface area contributed by atoms with E-state index in [2.05, 4.69) is 10.4 Å². The standard InChI is InChI=1S/C18H19N3O4/c1-2-24-18(23)15-11-16(17(22)19-12-14-9-6-10-25-14)21(20-15)13-7-4-3-5-8-13/h3-10,16H,2,11-12H2,1H3,(H,19,22)/t16-/m0/s1. The summed E-state index contributed by atoms with van der Waals surface area (Å²) in [5, 5.41) is 8.69. The smallest absolute Gasteiger partial charge is 0.354 e. The van der Waals surface area contributed by atoms with Gasteiger partial charge in [-0.2, -0.15) is 5.10 Å². The first-order valence-electron chi connectivity index (χ1n) is 8.08. The molecule has 1 atom stereocenters. The molecule has 7 nitrogen and oxygen atoms in total. The van der Waals surface area contributed by atoms with Gasteiger partial charge >= 0.3 is 5.97 Å². The van der Waals surface area contributed by atoms with Crippen LogP contribution in [0.1, 0.15) is 19.1 Å². The summed E-state index contributed by atoms with van der Waals surface area (Å²) in [6.45, 7) is 2.27. The first kappa shape index (κ1) is 16.8. The molecule has 0 radical (unpaired) electrons. The van der Waals surface area contributed by atoms with E-state index in [1.54, 1.807) is 30.3 Å². The first-order chi connectivity index (χ1) is 12.2. The highest BCUT2D eigenvalue weighted by Crippen LogP contribution is 2.25. The van der Waals surface area contributed by atoms with Crippen molar-refractivity contribution in [1.29, 1.82) is 0 Å². The number of rotatable bonds is 6. The summed E-state index contributed by atoms with van der Waals surface area (Å²) in [6, 6.07) is 12.2. The average molecular weight is 341 g/mol. The van der Waals surface area contributed by atoms with Crippen molar-refractivity contribution < 1.29 is 18.7 Å². The van der Waals surface area contributed by atoms with E-state index in [9.17, 15) is 9.59 Å².